The Labute approximate surface area is 324 Å². The van der Waals surface area contributed by atoms with Crippen molar-refractivity contribution in [2.24, 2.45) is 7.05 Å². The Balaban J connectivity index is 1.38. The molecule has 1 atom stereocenters. The zero-order valence-corrected chi connectivity index (χ0v) is 33.4. The standard InChI is InChI=1S/C42H44Cl2N6O4/c1-22-16-28(17-23(2)38(22)44)54-15-9-10-29-30-12-13-32(43)37(36-25(4)45-35(21-47(6)7)46-26(36)5)39(30)50-24(3)19-49(41(51)40(29)50)34-20-48(8)33-14-11-27(42(52)53)18-31(33)34/h11-14,16-18,20,24H,9-10,15,19,21H2,1-8H3,(H,52,53). The summed E-state index contributed by atoms with van der Waals surface area (Å²) in [4.78, 5) is 40.7. The number of nitrogens with zero attached hydrogens (tertiary/aromatic N) is 6. The Morgan fingerprint density at radius 1 is 0.981 bits per heavy atom. The molecule has 0 aliphatic carbocycles. The Morgan fingerprint density at radius 2 is 1.67 bits per heavy atom. The number of carboxylic acid groups (broad SMARTS) is 1. The van der Waals surface area contributed by atoms with Gasteiger partial charge in [0, 0.05) is 69.7 Å². The highest BCUT2D eigenvalue weighted by molar-refractivity contribution is 6.35. The highest BCUT2D eigenvalue weighted by Crippen LogP contribution is 2.45. The van der Waals surface area contributed by atoms with Gasteiger partial charge in [-0.3, -0.25) is 4.79 Å². The van der Waals surface area contributed by atoms with Gasteiger partial charge in [-0.2, -0.15) is 0 Å². The molecule has 1 aliphatic heterocycles. The fourth-order valence-electron chi connectivity index (χ4n) is 8.02. The third-order valence-corrected chi connectivity index (χ3v) is 11.2. The summed E-state index contributed by atoms with van der Waals surface area (Å²) in [6, 6.07) is 12.7. The van der Waals surface area contributed by atoms with E-state index in [4.69, 9.17) is 37.9 Å². The number of halogens is 2. The van der Waals surface area contributed by atoms with Crippen molar-refractivity contribution < 1.29 is 19.4 Å². The summed E-state index contributed by atoms with van der Waals surface area (Å²) in [6.07, 6.45) is 3.11. The average molecular weight is 768 g/mol. The van der Waals surface area contributed by atoms with Crippen LogP contribution in [0.2, 0.25) is 10.0 Å². The van der Waals surface area contributed by atoms with Crippen molar-refractivity contribution in [1.29, 1.82) is 0 Å². The molecule has 0 radical (unpaired) electrons. The van der Waals surface area contributed by atoms with Gasteiger partial charge in [0.25, 0.3) is 5.91 Å². The number of rotatable bonds is 10. The largest absolute Gasteiger partial charge is 0.494 e. The molecule has 280 valence electrons. The minimum Gasteiger partial charge on any atom is -0.494 e. The van der Waals surface area contributed by atoms with Crippen molar-refractivity contribution in [2.75, 3.05) is 32.1 Å². The highest BCUT2D eigenvalue weighted by Gasteiger charge is 2.37. The summed E-state index contributed by atoms with van der Waals surface area (Å²) in [6.45, 7) is 11.4. The first-order valence-electron chi connectivity index (χ1n) is 18.0. The monoisotopic (exact) mass is 766 g/mol. The van der Waals surface area contributed by atoms with Crippen LogP contribution in [-0.4, -0.2) is 68.2 Å². The minimum atomic E-state index is -1.02. The summed E-state index contributed by atoms with van der Waals surface area (Å²) in [7, 11) is 5.88. The number of benzene rings is 3. The molecular formula is C42H44Cl2N6O4. The second-order valence-electron chi connectivity index (χ2n) is 14.7. The predicted molar refractivity (Wildman–Crippen MR) is 216 cm³/mol. The number of carbonyl (C=O) groups is 2. The van der Waals surface area contributed by atoms with Gasteiger partial charge in [0.1, 0.15) is 17.3 Å². The van der Waals surface area contributed by atoms with Gasteiger partial charge in [0.2, 0.25) is 0 Å². The number of amides is 1. The molecule has 4 heterocycles. The number of hydrogen-bond donors (Lipinski definition) is 1. The van der Waals surface area contributed by atoms with Gasteiger partial charge in [-0.1, -0.05) is 29.3 Å². The van der Waals surface area contributed by atoms with E-state index in [2.05, 4.69) is 11.5 Å². The minimum absolute atomic E-state index is 0.162. The Bertz CT molecular complexity index is 2450. The van der Waals surface area contributed by atoms with Crippen molar-refractivity contribution in [1.82, 2.24) is 24.0 Å². The number of aromatic carboxylic acids is 1. The van der Waals surface area contributed by atoms with Crippen LogP contribution < -0.4 is 9.64 Å². The van der Waals surface area contributed by atoms with Crippen molar-refractivity contribution >= 4 is 62.6 Å². The number of carbonyl (C=O) groups excluding carboxylic acids is 1. The molecule has 3 aromatic heterocycles. The van der Waals surface area contributed by atoms with Crippen LogP contribution >= 0.6 is 23.2 Å². The van der Waals surface area contributed by atoms with E-state index < -0.39 is 5.97 Å². The Kier molecular flexibility index (Phi) is 9.97. The lowest BCUT2D eigenvalue weighted by atomic mass is 9.97. The average Bonchev–Trinajstić information content (AvgIpc) is 3.62. The first-order valence-corrected chi connectivity index (χ1v) is 18.8. The number of ether oxygens (including phenoxy) is 1. The van der Waals surface area contributed by atoms with Gasteiger partial charge in [-0.15, -0.1) is 0 Å². The molecule has 12 heteroatoms. The van der Waals surface area contributed by atoms with Crippen LogP contribution in [0.1, 0.15) is 74.1 Å². The molecule has 7 rings (SSSR count). The first kappa shape index (κ1) is 37.4. The third kappa shape index (κ3) is 6.50. The number of anilines is 1. The van der Waals surface area contributed by atoms with Crippen LogP contribution in [0, 0.1) is 27.7 Å². The molecule has 1 unspecified atom stereocenters. The zero-order valence-electron chi connectivity index (χ0n) is 31.8. The summed E-state index contributed by atoms with van der Waals surface area (Å²) in [5.74, 6) is 0.299. The molecule has 3 aromatic carbocycles. The van der Waals surface area contributed by atoms with Crippen LogP contribution in [0.25, 0.3) is 32.9 Å². The maximum absolute atomic E-state index is 15.1. The maximum atomic E-state index is 15.1. The van der Waals surface area contributed by atoms with E-state index in [0.717, 1.165) is 72.2 Å². The highest BCUT2D eigenvalue weighted by atomic mass is 35.5. The molecular weight excluding hydrogens is 723 g/mol. The molecule has 0 spiro atoms. The van der Waals surface area contributed by atoms with Crippen molar-refractivity contribution in [2.45, 2.75) is 60.0 Å². The van der Waals surface area contributed by atoms with E-state index in [-0.39, 0.29) is 17.5 Å². The van der Waals surface area contributed by atoms with Crippen LogP contribution in [0.15, 0.2) is 48.7 Å². The quantitative estimate of drug-likeness (QED) is 0.139. The zero-order chi connectivity index (χ0) is 38.7. The van der Waals surface area contributed by atoms with Gasteiger partial charge in [0.15, 0.2) is 0 Å². The molecule has 10 nitrogen and oxygen atoms in total. The van der Waals surface area contributed by atoms with E-state index in [1.807, 2.05) is 88.8 Å². The van der Waals surface area contributed by atoms with E-state index in [1.54, 1.807) is 23.1 Å². The number of aromatic nitrogens is 4. The first-order chi connectivity index (χ1) is 25.7. The van der Waals surface area contributed by atoms with Crippen LogP contribution in [0.5, 0.6) is 5.75 Å². The Hall–Kier alpha value is -4.90. The normalized spacial score (nSPS) is 14.5. The second-order valence-corrected chi connectivity index (χ2v) is 15.5. The summed E-state index contributed by atoms with van der Waals surface area (Å²) in [5.41, 5.74) is 9.23. The molecule has 0 saturated heterocycles. The fraction of sp³-hybridized carbons (Fsp3) is 0.333. The topological polar surface area (TPSA) is 106 Å². The molecule has 1 aliphatic rings. The summed E-state index contributed by atoms with van der Waals surface area (Å²) in [5, 5.41) is 12.7. The van der Waals surface area contributed by atoms with Gasteiger partial charge in [-0.25, -0.2) is 14.8 Å². The molecule has 1 amide bonds. The lowest BCUT2D eigenvalue weighted by Gasteiger charge is -2.34. The number of carboxylic acids is 1. The fourth-order valence-corrected chi connectivity index (χ4v) is 8.38. The lowest BCUT2D eigenvalue weighted by molar-refractivity contribution is 0.0696. The smallest absolute Gasteiger partial charge is 0.335 e. The number of hydrogen-bond acceptors (Lipinski definition) is 6. The number of fused-ring (bicyclic) bond motifs is 4. The molecule has 1 N–H and O–H groups in total. The summed E-state index contributed by atoms with van der Waals surface area (Å²) < 4.78 is 10.3. The lowest BCUT2D eigenvalue weighted by Crippen LogP contribution is -2.42. The van der Waals surface area contributed by atoms with E-state index in [1.165, 1.54) is 0 Å². The van der Waals surface area contributed by atoms with E-state index >= 15 is 4.79 Å². The SMILES string of the molecule is Cc1cc(OCCCc2c3n(c4c(-c5c(C)nc(CN(C)C)nc5C)c(Cl)ccc24)C(C)CN(c2cn(C)c4ccc(C(=O)O)cc24)C3=O)cc(C)c1Cl. The third-order valence-electron chi connectivity index (χ3n) is 10.3. The second kappa shape index (κ2) is 14.4. The van der Waals surface area contributed by atoms with Gasteiger partial charge in [0.05, 0.1) is 34.9 Å². The van der Waals surface area contributed by atoms with Crippen LogP contribution in [0.4, 0.5) is 5.69 Å². The van der Waals surface area contributed by atoms with Crippen LogP contribution in [-0.2, 0) is 20.0 Å². The van der Waals surface area contributed by atoms with Crippen molar-refractivity contribution in [3.8, 4) is 16.9 Å². The maximum Gasteiger partial charge on any atom is 0.335 e. The number of aryl methyl sites for hydroxylation is 6. The van der Waals surface area contributed by atoms with Crippen molar-refractivity contribution in [3.05, 3.63) is 104 Å². The van der Waals surface area contributed by atoms with Gasteiger partial charge >= 0.3 is 5.97 Å². The van der Waals surface area contributed by atoms with Gasteiger partial charge < -0.3 is 28.8 Å². The van der Waals surface area contributed by atoms with E-state index in [9.17, 15) is 9.90 Å². The van der Waals surface area contributed by atoms with Crippen LogP contribution in [0.3, 0.4) is 0 Å². The predicted octanol–water partition coefficient (Wildman–Crippen LogP) is 9.12. The van der Waals surface area contributed by atoms with Crippen molar-refractivity contribution in [3.63, 3.8) is 0 Å². The molecule has 54 heavy (non-hydrogen) atoms. The molecule has 6 aromatic rings. The summed E-state index contributed by atoms with van der Waals surface area (Å²) >= 11 is 13.6. The van der Waals surface area contributed by atoms with Gasteiger partial charge in [-0.05, 0) is 115 Å². The Morgan fingerprint density at radius 3 is 2.31 bits per heavy atom. The van der Waals surface area contributed by atoms with E-state index in [0.29, 0.717) is 54.3 Å². The molecule has 0 saturated carbocycles. The molecule has 0 fully saturated rings. The molecule has 0 bridgehead atoms.